The third-order valence-electron chi connectivity index (χ3n) is 1.52. The van der Waals surface area contributed by atoms with Crippen molar-refractivity contribution in [3.63, 3.8) is 0 Å². The Morgan fingerprint density at radius 3 is 2.79 bits per heavy atom. The maximum Gasteiger partial charge on any atom is 0.380 e. The van der Waals surface area contributed by atoms with Crippen LogP contribution < -0.4 is 4.74 Å². The third-order valence-corrected chi connectivity index (χ3v) is 2.41. The number of Topliss-reactive ketones (excluding diaryl/α,β-unsaturated/α-hetero) is 1. The molecule has 4 nitrogen and oxygen atoms in total. The fraction of sp³-hybridized carbons (Fsp3) is 0.333. The number of thiophene rings is 1. The van der Waals surface area contributed by atoms with Crippen LogP contribution in [0.2, 0.25) is 0 Å². The Balaban J connectivity index is 2.83. The van der Waals surface area contributed by atoms with Crippen molar-refractivity contribution in [2.24, 2.45) is 0 Å². The number of carbonyl (C=O) groups is 2. The van der Waals surface area contributed by atoms with Crippen molar-refractivity contribution in [1.29, 1.82) is 0 Å². The standard InChI is InChI=1S/C9H10O4S/c1-3-13-9(11)7(10)8-6(12-2)4-5-14-8/h4-5H,3H2,1-2H3. The summed E-state index contributed by atoms with van der Waals surface area (Å²) < 4.78 is 9.51. The summed E-state index contributed by atoms with van der Waals surface area (Å²) in [5, 5.41) is 1.69. The number of carbonyl (C=O) groups excluding carboxylic acids is 2. The van der Waals surface area contributed by atoms with E-state index in [-0.39, 0.29) is 11.5 Å². The summed E-state index contributed by atoms with van der Waals surface area (Å²) in [6, 6.07) is 1.64. The van der Waals surface area contributed by atoms with Crippen molar-refractivity contribution in [2.75, 3.05) is 13.7 Å². The molecule has 0 amide bonds. The average molecular weight is 214 g/mol. The summed E-state index contributed by atoms with van der Waals surface area (Å²) >= 11 is 1.16. The van der Waals surface area contributed by atoms with E-state index < -0.39 is 11.8 Å². The molecule has 0 fully saturated rings. The smallest absolute Gasteiger partial charge is 0.380 e. The summed E-state index contributed by atoms with van der Waals surface area (Å²) in [7, 11) is 1.45. The van der Waals surface area contributed by atoms with E-state index >= 15 is 0 Å². The van der Waals surface area contributed by atoms with Crippen molar-refractivity contribution in [3.8, 4) is 5.75 Å². The second-order valence-electron chi connectivity index (χ2n) is 2.37. The zero-order valence-corrected chi connectivity index (χ0v) is 8.72. The first-order valence-corrected chi connectivity index (χ1v) is 4.91. The number of ketones is 1. The molecular formula is C9H10O4S. The van der Waals surface area contributed by atoms with E-state index in [0.717, 1.165) is 11.3 Å². The first-order valence-electron chi connectivity index (χ1n) is 4.03. The van der Waals surface area contributed by atoms with Gasteiger partial charge < -0.3 is 9.47 Å². The molecule has 0 aromatic carbocycles. The Morgan fingerprint density at radius 2 is 2.21 bits per heavy atom. The Kier molecular flexibility index (Phi) is 3.64. The first kappa shape index (κ1) is 10.7. The van der Waals surface area contributed by atoms with Crippen molar-refractivity contribution in [1.82, 2.24) is 0 Å². The lowest BCUT2D eigenvalue weighted by atomic mass is 10.3. The van der Waals surface area contributed by atoms with Crippen molar-refractivity contribution < 1.29 is 19.1 Å². The fourth-order valence-electron chi connectivity index (χ4n) is 0.913. The quantitative estimate of drug-likeness (QED) is 0.433. The normalized spacial score (nSPS) is 9.57. The minimum absolute atomic E-state index is 0.193. The zero-order valence-electron chi connectivity index (χ0n) is 7.90. The SMILES string of the molecule is CCOC(=O)C(=O)c1sccc1OC. The van der Waals surface area contributed by atoms with Crippen LogP contribution in [0.25, 0.3) is 0 Å². The molecule has 0 spiro atoms. The number of esters is 1. The lowest BCUT2D eigenvalue weighted by Crippen LogP contribution is -2.16. The largest absolute Gasteiger partial charge is 0.495 e. The highest BCUT2D eigenvalue weighted by Gasteiger charge is 2.22. The fourth-order valence-corrected chi connectivity index (χ4v) is 1.70. The first-order chi connectivity index (χ1) is 6.70. The number of ether oxygens (including phenoxy) is 2. The van der Waals surface area contributed by atoms with Crippen LogP contribution in [0.3, 0.4) is 0 Å². The van der Waals surface area contributed by atoms with Gasteiger partial charge in [0.1, 0.15) is 10.6 Å². The van der Waals surface area contributed by atoms with Gasteiger partial charge in [-0.15, -0.1) is 11.3 Å². The molecule has 0 aliphatic heterocycles. The van der Waals surface area contributed by atoms with E-state index in [4.69, 9.17) is 4.74 Å². The maximum atomic E-state index is 11.4. The van der Waals surface area contributed by atoms with Gasteiger partial charge in [0.25, 0.3) is 5.78 Å². The molecule has 0 radical (unpaired) electrons. The van der Waals surface area contributed by atoms with Crippen LogP contribution >= 0.6 is 11.3 Å². The molecule has 0 unspecified atom stereocenters. The highest BCUT2D eigenvalue weighted by molar-refractivity contribution is 7.13. The summed E-state index contributed by atoms with van der Waals surface area (Å²) in [5.74, 6) is -1.08. The molecule has 0 N–H and O–H groups in total. The summed E-state index contributed by atoms with van der Waals surface area (Å²) in [5.41, 5.74) is 0. The van der Waals surface area contributed by atoms with E-state index in [1.807, 2.05) is 0 Å². The lowest BCUT2D eigenvalue weighted by Gasteiger charge is -2.01. The molecule has 14 heavy (non-hydrogen) atoms. The average Bonchev–Trinajstić information content (AvgIpc) is 2.64. The Labute approximate surface area is 85.4 Å². The van der Waals surface area contributed by atoms with Crippen LogP contribution in [0, 0.1) is 0 Å². The van der Waals surface area contributed by atoms with Crippen LogP contribution in [0.1, 0.15) is 16.6 Å². The van der Waals surface area contributed by atoms with Crippen LogP contribution in [0.5, 0.6) is 5.75 Å². The molecule has 1 aromatic rings. The summed E-state index contributed by atoms with van der Waals surface area (Å²) in [6.07, 6.45) is 0. The van der Waals surface area contributed by atoms with Gasteiger partial charge in [-0.05, 0) is 18.4 Å². The zero-order chi connectivity index (χ0) is 10.6. The van der Waals surface area contributed by atoms with Gasteiger partial charge in [0.15, 0.2) is 0 Å². The van der Waals surface area contributed by atoms with Gasteiger partial charge >= 0.3 is 5.97 Å². The molecule has 5 heteroatoms. The van der Waals surface area contributed by atoms with Gasteiger partial charge in [0.2, 0.25) is 0 Å². The van der Waals surface area contributed by atoms with Crippen LogP contribution in [0.4, 0.5) is 0 Å². The molecule has 0 saturated carbocycles. The number of rotatable bonds is 4. The monoisotopic (exact) mass is 214 g/mol. The van der Waals surface area contributed by atoms with Crippen LogP contribution in [-0.4, -0.2) is 25.5 Å². The second-order valence-corrected chi connectivity index (χ2v) is 3.28. The minimum Gasteiger partial charge on any atom is -0.495 e. The van der Waals surface area contributed by atoms with Crippen LogP contribution in [0.15, 0.2) is 11.4 Å². The molecule has 0 saturated heterocycles. The van der Waals surface area contributed by atoms with Crippen LogP contribution in [-0.2, 0) is 9.53 Å². The summed E-state index contributed by atoms with van der Waals surface area (Å²) in [6.45, 7) is 1.84. The molecule has 0 bridgehead atoms. The predicted octanol–water partition coefficient (Wildman–Crippen LogP) is 1.50. The van der Waals surface area contributed by atoms with Gasteiger partial charge in [-0.1, -0.05) is 0 Å². The van der Waals surface area contributed by atoms with E-state index in [1.165, 1.54) is 7.11 Å². The van der Waals surface area contributed by atoms with Gasteiger partial charge in [0, 0.05) is 0 Å². The van der Waals surface area contributed by atoms with E-state index in [9.17, 15) is 9.59 Å². The number of methoxy groups -OCH3 is 1. The number of hydrogen-bond donors (Lipinski definition) is 0. The number of hydrogen-bond acceptors (Lipinski definition) is 5. The molecule has 0 atom stereocenters. The topological polar surface area (TPSA) is 52.6 Å². The van der Waals surface area contributed by atoms with Gasteiger partial charge in [-0.3, -0.25) is 4.79 Å². The molecule has 1 rings (SSSR count). The summed E-state index contributed by atoms with van der Waals surface area (Å²) in [4.78, 5) is 22.8. The van der Waals surface area contributed by atoms with Gasteiger partial charge in [0.05, 0.1) is 13.7 Å². The second kappa shape index (κ2) is 4.76. The van der Waals surface area contributed by atoms with Crippen molar-refractivity contribution >= 4 is 23.1 Å². The Morgan fingerprint density at radius 1 is 1.50 bits per heavy atom. The van der Waals surface area contributed by atoms with Gasteiger partial charge in [-0.25, -0.2) is 4.79 Å². The Hall–Kier alpha value is -1.36. The molecule has 1 aromatic heterocycles. The third kappa shape index (κ3) is 2.11. The molecule has 0 aliphatic carbocycles. The van der Waals surface area contributed by atoms with Gasteiger partial charge in [-0.2, -0.15) is 0 Å². The van der Waals surface area contributed by atoms with E-state index in [1.54, 1.807) is 18.4 Å². The van der Waals surface area contributed by atoms with Crippen molar-refractivity contribution in [2.45, 2.75) is 6.92 Å². The minimum atomic E-state index is -0.840. The van der Waals surface area contributed by atoms with E-state index in [2.05, 4.69) is 4.74 Å². The molecule has 76 valence electrons. The molecule has 1 heterocycles. The molecular weight excluding hydrogens is 204 g/mol. The predicted molar refractivity (Wildman–Crippen MR) is 51.8 cm³/mol. The van der Waals surface area contributed by atoms with Crippen molar-refractivity contribution in [3.05, 3.63) is 16.3 Å². The maximum absolute atomic E-state index is 11.4. The highest BCUT2D eigenvalue weighted by atomic mass is 32.1. The lowest BCUT2D eigenvalue weighted by molar-refractivity contribution is -0.137. The Bertz CT molecular complexity index is 342. The highest BCUT2D eigenvalue weighted by Crippen LogP contribution is 2.24. The van der Waals surface area contributed by atoms with E-state index in [0.29, 0.717) is 5.75 Å². The molecule has 0 aliphatic rings.